The van der Waals surface area contributed by atoms with E-state index in [0.717, 1.165) is 11.6 Å². The van der Waals surface area contributed by atoms with E-state index in [1.165, 1.54) is 12.8 Å². The second kappa shape index (κ2) is 2.92. The van der Waals surface area contributed by atoms with Gasteiger partial charge in [-0.2, -0.15) is 0 Å². The van der Waals surface area contributed by atoms with Gasteiger partial charge in [0.15, 0.2) is 0 Å². The molecule has 1 aliphatic heterocycles. The van der Waals surface area contributed by atoms with E-state index in [4.69, 9.17) is 0 Å². The predicted octanol–water partition coefficient (Wildman–Crippen LogP) is 0.746. The molecule has 4 nitrogen and oxygen atoms in total. The van der Waals surface area contributed by atoms with Gasteiger partial charge in [-0.05, 0) is 31.7 Å². The lowest BCUT2D eigenvalue weighted by Gasteiger charge is -2.46. The largest absolute Gasteiger partial charge is 0.386 e. The van der Waals surface area contributed by atoms with Crippen molar-refractivity contribution in [1.29, 1.82) is 0 Å². The SMILES string of the molecule is Cc1ccnc(N2CC(O)(C3CC3)C2)n1. The molecular formula is C11H15N3O. The van der Waals surface area contributed by atoms with Gasteiger partial charge in [-0.15, -0.1) is 0 Å². The predicted molar refractivity (Wildman–Crippen MR) is 56.7 cm³/mol. The van der Waals surface area contributed by atoms with E-state index >= 15 is 0 Å². The summed E-state index contributed by atoms with van der Waals surface area (Å²) in [6.07, 6.45) is 4.13. The number of anilines is 1. The first-order valence-corrected chi connectivity index (χ1v) is 5.44. The van der Waals surface area contributed by atoms with Crippen molar-refractivity contribution in [2.45, 2.75) is 25.4 Å². The number of β-amino-alcohol motifs (C(OH)–C–C–N with tert-alkyl or cyclic N) is 1. The van der Waals surface area contributed by atoms with Crippen LogP contribution in [0.15, 0.2) is 12.3 Å². The van der Waals surface area contributed by atoms with Gasteiger partial charge in [-0.25, -0.2) is 9.97 Å². The van der Waals surface area contributed by atoms with Crippen LogP contribution < -0.4 is 4.90 Å². The van der Waals surface area contributed by atoms with E-state index in [-0.39, 0.29) is 0 Å². The molecule has 15 heavy (non-hydrogen) atoms. The molecule has 2 aliphatic rings. The van der Waals surface area contributed by atoms with Crippen molar-refractivity contribution in [1.82, 2.24) is 9.97 Å². The van der Waals surface area contributed by atoms with Gasteiger partial charge in [0.1, 0.15) is 5.60 Å². The molecule has 1 aromatic rings. The standard InChI is InChI=1S/C11H15N3O/c1-8-4-5-12-10(13-8)14-6-11(15,7-14)9-2-3-9/h4-5,9,15H,2-3,6-7H2,1H3. The van der Waals surface area contributed by atoms with Crippen molar-refractivity contribution in [3.8, 4) is 0 Å². The molecule has 3 rings (SSSR count). The van der Waals surface area contributed by atoms with Gasteiger partial charge in [0.25, 0.3) is 0 Å². The Hall–Kier alpha value is -1.16. The summed E-state index contributed by atoms with van der Waals surface area (Å²) in [4.78, 5) is 10.6. The Morgan fingerprint density at radius 2 is 2.20 bits per heavy atom. The average Bonchev–Trinajstić information content (AvgIpc) is 2.96. The smallest absolute Gasteiger partial charge is 0.225 e. The minimum Gasteiger partial charge on any atom is -0.386 e. The van der Waals surface area contributed by atoms with Crippen LogP contribution in [0.4, 0.5) is 5.95 Å². The second-order valence-electron chi connectivity index (χ2n) is 4.73. The molecule has 2 fully saturated rings. The van der Waals surface area contributed by atoms with Gasteiger partial charge in [-0.3, -0.25) is 0 Å². The maximum absolute atomic E-state index is 10.2. The third kappa shape index (κ3) is 1.49. The van der Waals surface area contributed by atoms with Crippen LogP contribution in [0, 0.1) is 12.8 Å². The normalized spacial score (nSPS) is 23.7. The first kappa shape index (κ1) is 9.09. The summed E-state index contributed by atoms with van der Waals surface area (Å²) in [6.45, 7) is 3.35. The zero-order valence-electron chi connectivity index (χ0n) is 8.85. The quantitative estimate of drug-likeness (QED) is 0.774. The summed E-state index contributed by atoms with van der Waals surface area (Å²) in [6, 6.07) is 1.89. The van der Waals surface area contributed by atoms with Crippen molar-refractivity contribution in [3.05, 3.63) is 18.0 Å². The van der Waals surface area contributed by atoms with Crippen LogP contribution in [-0.4, -0.2) is 33.8 Å². The maximum atomic E-state index is 10.2. The number of aromatic nitrogens is 2. The van der Waals surface area contributed by atoms with Crippen molar-refractivity contribution in [2.75, 3.05) is 18.0 Å². The Morgan fingerprint density at radius 1 is 1.47 bits per heavy atom. The molecule has 0 spiro atoms. The lowest BCUT2D eigenvalue weighted by Crippen LogP contribution is -2.63. The zero-order valence-corrected chi connectivity index (χ0v) is 8.85. The lowest BCUT2D eigenvalue weighted by molar-refractivity contribution is -0.0102. The zero-order chi connectivity index (χ0) is 10.5. The summed E-state index contributed by atoms with van der Waals surface area (Å²) in [5, 5.41) is 10.2. The van der Waals surface area contributed by atoms with Crippen molar-refractivity contribution in [3.63, 3.8) is 0 Å². The minimum atomic E-state index is -0.451. The lowest BCUT2D eigenvalue weighted by atomic mass is 9.89. The van der Waals surface area contributed by atoms with Crippen molar-refractivity contribution in [2.24, 2.45) is 5.92 Å². The Balaban J connectivity index is 1.71. The molecule has 2 heterocycles. The Kier molecular flexibility index (Phi) is 1.77. The van der Waals surface area contributed by atoms with Gasteiger partial charge in [0, 0.05) is 11.9 Å². The first-order chi connectivity index (χ1) is 7.17. The van der Waals surface area contributed by atoms with Gasteiger partial charge in [-0.1, -0.05) is 0 Å². The summed E-state index contributed by atoms with van der Waals surface area (Å²) in [5.41, 5.74) is 0.523. The van der Waals surface area contributed by atoms with Gasteiger partial charge >= 0.3 is 0 Å². The van der Waals surface area contributed by atoms with E-state index in [1.807, 2.05) is 17.9 Å². The van der Waals surface area contributed by atoms with Crippen LogP contribution in [0.3, 0.4) is 0 Å². The number of rotatable bonds is 2. The third-order valence-corrected chi connectivity index (χ3v) is 3.33. The van der Waals surface area contributed by atoms with E-state index in [0.29, 0.717) is 19.0 Å². The molecular weight excluding hydrogens is 190 g/mol. The summed E-state index contributed by atoms with van der Waals surface area (Å²) < 4.78 is 0. The number of aryl methyl sites for hydroxylation is 1. The first-order valence-electron chi connectivity index (χ1n) is 5.44. The van der Waals surface area contributed by atoms with Gasteiger partial charge in [0.05, 0.1) is 13.1 Å². The highest BCUT2D eigenvalue weighted by Crippen LogP contribution is 2.45. The number of nitrogens with zero attached hydrogens (tertiary/aromatic N) is 3. The Bertz CT molecular complexity index is 383. The molecule has 0 aromatic carbocycles. The van der Waals surface area contributed by atoms with E-state index in [1.54, 1.807) is 6.20 Å². The number of aliphatic hydroxyl groups is 1. The summed E-state index contributed by atoms with van der Waals surface area (Å²) in [7, 11) is 0. The maximum Gasteiger partial charge on any atom is 0.225 e. The average molecular weight is 205 g/mol. The highest BCUT2D eigenvalue weighted by atomic mass is 16.3. The second-order valence-corrected chi connectivity index (χ2v) is 4.73. The molecule has 0 atom stereocenters. The van der Waals surface area contributed by atoms with E-state index in [2.05, 4.69) is 9.97 Å². The van der Waals surface area contributed by atoms with E-state index < -0.39 is 5.60 Å². The van der Waals surface area contributed by atoms with Gasteiger partial charge < -0.3 is 10.0 Å². The van der Waals surface area contributed by atoms with Crippen molar-refractivity contribution >= 4 is 5.95 Å². The van der Waals surface area contributed by atoms with Crippen molar-refractivity contribution < 1.29 is 5.11 Å². The molecule has 1 aromatic heterocycles. The summed E-state index contributed by atoms with van der Waals surface area (Å²) in [5.74, 6) is 1.28. The molecule has 4 heteroatoms. The highest BCUT2D eigenvalue weighted by molar-refractivity contribution is 5.38. The van der Waals surface area contributed by atoms with E-state index in [9.17, 15) is 5.11 Å². The minimum absolute atomic E-state index is 0.451. The topological polar surface area (TPSA) is 49.2 Å². The van der Waals surface area contributed by atoms with Gasteiger partial charge in [0.2, 0.25) is 5.95 Å². The summed E-state index contributed by atoms with van der Waals surface area (Å²) >= 11 is 0. The number of hydrogen-bond donors (Lipinski definition) is 1. The third-order valence-electron chi connectivity index (χ3n) is 3.33. The molecule has 0 radical (unpaired) electrons. The van der Waals surface area contributed by atoms with Crippen LogP contribution in [0.2, 0.25) is 0 Å². The molecule has 0 unspecified atom stereocenters. The van der Waals surface area contributed by atoms with Crippen LogP contribution in [0.25, 0.3) is 0 Å². The molecule has 1 saturated carbocycles. The fraction of sp³-hybridized carbons (Fsp3) is 0.636. The van der Waals surface area contributed by atoms with Crippen LogP contribution in [-0.2, 0) is 0 Å². The van der Waals surface area contributed by atoms with Crippen LogP contribution in [0.1, 0.15) is 18.5 Å². The number of hydrogen-bond acceptors (Lipinski definition) is 4. The molecule has 1 saturated heterocycles. The fourth-order valence-corrected chi connectivity index (χ4v) is 2.22. The highest BCUT2D eigenvalue weighted by Gasteiger charge is 2.52. The fourth-order valence-electron chi connectivity index (χ4n) is 2.22. The van der Waals surface area contributed by atoms with Crippen LogP contribution in [0.5, 0.6) is 0 Å². The molecule has 0 amide bonds. The molecule has 1 aliphatic carbocycles. The Morgan fingerprint density at radius 3 is 2.80 bits per heavy atom. The molecule has 80 valence electrons. The van der Waals surface area contributed by atoms with Crippen LogP contribution >= 0.6 is 0 Å². The Labute approximate surface area is 89.0 Å². The molecule has 1 N–H and O–H groups in total. The monoisotopic (exact) mass is 205 g/mol. The molecule has 0 bridgehead atoms.